The molecule has 2 heterocycles. The van der Waals surface area contributed by atoms with Crippen molar-refractivity contribution in [3.05, 3.63) is 48.5 Å². The van der Waals surface area contributed by atoms with Crippen LogP contribution in [0.1, 0.15) is 44.9 Å². The Hall–Kier alpha value is -2.14. The first-order valence-electron chi connectivity index (χ1n) is 13.0. The fourth-order valence-electron chi connectivity index (χ4n) is 5.37. The van der Waals surface area contributed by atoms with E-state index in [1.165, 1.54) is 0 Å². The Morgan fingerprint density at radius 1 is 0.622 bits per heavy atom. The quantitative estimate of drug-likeness (QED) is 0.436. The molecule has 0 aromatic heterocycles. The summed E-state index contributed by atoms with van der Waals surface area (Å²) in [6, 6.07) is 13.1. The molecular weight excluding hydrogens is 512 g/mol. The van der Waals surface area contributed by atoms with E-state index in [1.807, 2.05) is 0 Å². The SMILES string of the molecule is COc1ccc(S(=O)(=O)N2CCC(CCCC3CCN(S(=O)(=O)c4ccc(OC)cc4)CC3)CC2)cc1. The first kappa shape index (κ1) is 27.9. The maximum atomic E-state index is 13.0. The van der Waals surface area contributed by atoms with Crippen LogP contribution in [0.4, 0.5) is 0 Å². The summed E-state index contributed by atoms with van der Waals surface area (Å²) < 4.78 is 65.3. The molecule has 0 aliphatic carbocycles. The van der Waals surface area contributed by atoms with Crippen LogP contribution in [0, 0.1) is 11.8 Å². The predicted octanol–water partition coefficient (Wildman–Crippen LogP) is 4.38. The van der Waals surface area contributed by atoms with Gasteiger partial charge >= 0.3 is 0 Å². The van der Waals surface area contributed by atoms with Gasteiger partial charge in [-0.25, -0.2) is 16.8 Å². The molecule has 0 amide bonds. The van der Waals surface area contributed by atoms with Gasteiger partial charge in [-0.1, -0.05) is 19.3 Å². The second-order valence-corrected chi connectivity index (χ2v) is 13.9. The number of sulfonamides is 2. The second-order valence-electron chi connectivity index (χ2n) is 9.98. The molecule has 0 bridgehead atoms. The minimum atomic E-state index is -3.47. The Morgan fingerprint density at radius 3 is 1.24 bits per heavy atom. The molecule has 0 radical (unpaired) electrons. The summed E-state index contributed by atoms with van der Waals surface area (Å²) in [6.07, 6.45) is 6.83. The average molecular weight is 551 g/mol. The molecule has 2 aliphatic heterocycles. The molecule has 0 N–H and O–H groups in total. The van der Waals surface area contributed by atoms with E-state index in [0.717, 1.165) is 44.9 Å². The second kappa shape index (κ2) is 12.1. The van der Waals surface area contributed by atoms with E-state index in [-0.39, 0.29) is 0 Å². The summed E-state index contributed by atoms with van der Waals surface area (Å²) in [5.74, 6) is 2.36. The van der Waals surface area contributed by atoms with Crippen molar-refractivity contribution in [1.29, 1.82) is 0 Å². The highest BCUT2D eigenvalue weighted by Crippen LogP contribution is 2.31. The van der Waals surface area contributed by atoms with Crippen LogP contribution in [0.15, 0.2) is 58.3 Å². The number of benzene rings is 2. The Kier molecular flexibility index (Phi) is 9.15. The number of nitrogens with zero attached hydrogens (tertiary/aromatic N) is 2. The van der Waals surface area contributed by atoms with Gasteiger partial charge in [0.1, 0.15) is 11.5 Å². The smallest absolute Gasteiger partial charge is 0.243 e. The zero-order chi connectivity index (χ0) is 26.5. The third-order valence-corrected chi connectivity index (χ3v) is 11.6. The van der Waals surface area contributed by atoms with Gasteiger partial charge in [-0.3, -0.25) is 0 Å². The highest BCUT2D eigenvalue weighted by atomic mass is 32.2. The predicted molar refractivity (Wildman–Crippen MR) is 143 cm³/mol. The molecule has 10 heteroatoms. The lowest BCUT2D eigenvalue weighted by Crippen LogP contribution is -2.39. The number of hydrogen-bond donors (Lipinski definition) is 0. The van der Waals surface area contributed by atoms with Crippen LogP contribution in [0.5, 0.6) is 11.5 Å². The molecule has 8 nitrogen and oxygen atoms in total. The van der Waals surface area contributed by atoms with E-state index in [4.69, 9.17) is 9.47 Å². The number of methoxy groups -OCH3 is 2. The Morgan fingerprint density at radius 2 is 0.946 bits per heavy atom. The summed E-state index contributed by atoms with van der Waals surface area (Å²) in [7, 11) is -3.82. The van der Waals surface area contributed by atoms with Crippen LogP contribution < -0.4 is 9.47 Å². The molecule has 0 saturated carbocycles. The lowest BCUT2D eigenvalue weighted by atomic mass is 9.87. The van der Waals surface area contributed by atoms with E-state index < -0.39 is 20.0 Å². The van der Waals surface area contributed by atoms with Crippen LogP contribution >= 0.6 is 0 Å². The molecule has 2 fully saturated rings. The fourth-order valence-corrected chi connectivity index (χ4v) is 8.30. The van der Waals surface area contributed by atoms with Crippen molar-refractivity contribution < 1.29 is 26.3 Å². The van der Waals surface area contributed by atoms with Crippen LogP contribution in [0.25, 0.3) is 0 Å². The zero-order valence-corrected chi connectivity index (χ0v) is 23.3. The van der Waals surface area contributed by atoms with Gasteiger partial charge in [0.2, 0.25) is 20.0 Å². The minimum Gasteiger partial charge on any atom is -0.497 e. The number of piperidine rings is 2. The molecule has 0 unspecified atom stereocenters. The average Bonchev–Trinajstić information content (AvgIpc) is 2.93. The van der Waals surface area contributed by atoms with E-state index >= 15 is 0 Å². The van der Waals surface area contributed by atoms with E-state index in [0.29, 0.717) is 59.3 Å². The number of ether oxygens (including phenoxy) is 2. The molecule has 2 saturated heterocycles. The van der Waals surface area contributed by atoms with Crippen molar-refractivity contribution in [2.75, 3.05) is 40.4 Å². The van der Waals surface area contributed by atoms with E-state index in [2.05, 4.69) is 0 Å². The monoisotopic (exact) mass is 550 g/mol. The van der Waals surface area contributed by atoms with Gasteiger partial charge in [-0.2, -0.15) is 8.61 Å². The Labute approximate surface area is 221 Å². The summed E-state index contributed by atoms with van der Waals surface area (Å²) in [5.41, 5.74) is 0. The van der Waals surface area contributed by atoms with Crippen molar-refractivity contribution in [3.8, 4) is 11.5 Å². The lowest BCUT2D eigenvalue weighted by molar-refractivity contribution is 0.234. The largest absolute Gasteiger partial charge is 0.497 e. The Balaban J connectivity index is 1.18. The van der Waals surface area contributed by atoms with Gasteiger partial charge in [0.25, 0.3) is 0 Å². The van der Waals surface area contributed by atoms with Crippen LogP contribution in [-0.2, 0) is 20.0 Å². The molecule has 4 rings (SSSR count). The molecule has 2 aromatic rings. The number of hydrogen-bond acceptors (Lipinski definition) is 6. The topological polar surface area (TPSA) is 93.2 Å². The molecule has 37 heavy (non-hydrogen) atoms. The third kappa shape index (κ3) is 6.66. The first-order valence-corrected chi connectivity index (χ1v) is 15.9. The van der Waals surface area contributed by atoms with Gasteiger partial charge in [0.15, 0.2) is 0 Å². The van der Waals surface area contributed by atoms with Crippen LogP contribution in [0.2, 0.25) is 0 Å². The molecule has 2 aliphatic rings. The van der Waals surface area contributed by atoms with Crippen molar-refractivity contribution in [2.24, 2.45) is 11.8 Å². The zero-order valence-electron chi connectivity index (χ0n) is 21.7. The van der Waals surface area contributed by atoms with E-state index in [1.54, 1.807) is 71.4 Å². The van der Waals surface area contributed by atoms with Crippen LogP contribution in [-0.4, -0.2) is 65.8 Å². The maximum absolute atomic E-state index is 13.0. The molecule has 204 valence electrons. The van der Waals surface area contributed by atoms with Crippen molar-refractivity contribution >= 4 is 20.0 Å². The normalized spacial score (nSPS) is 19.1. The van der Waals surface area contributed by atoms with Gasteiger partial charge in [-0.05, 0) is 86.1 Å². The van der Waals surface area contributed by atoms with Gasteiger partial charge in [0.05, 0.1) is 24.0 Å². The lowest BCUT2D eigenvalue weighted by Gasteiger charge is -2.33. The number of rotatable bonds is 10. The fraction of sp³-hybridized carbons (Fsp3) is 0.556. The van der Waals surface area contributed by atoms with Crippen LogP contribution in [0.3, 0.4) is 0 Å². The van der Waals surface area contributed by atoms with E-state index in [9.17, 15) is 16.8 Å². The van der Waals surface area contributed by atoms with Crippen molar-refractivity contribution in [1.82, 2.24) is 8.61 Å². The summed E-state index contributed by atoms with van der Waals surface area (Å²) in [6.45, 7) is 2.22. The molecule has 2 aromatic carbocycles. The standard InChI is InChI=1S/C27H38N2O6S2/c1-34-24-6-10-26(11-7-24)36(30,31)28-18-14-22(15-19-28)4-3-5-23-16-20-29(21-17-23)37(32,33)27-12-8-25(35-2)9-13-27/h6-13,22-23H,3-5,14-21H2,1-2H3. The summed E-state index contributed by atoms with van der Waals surface area (Å²) >= 11 is 0. The first-order chi connectivity index (χ1) is 17.7. The minimum absolute atomic E-state index is 0.312. The molecule has 0 atom stereocenters. The van der Waals surface area contributed by atoms with Crippen molar-refractivity contribution in [3.63, 3.8) is 0 Å². The summed E-state index contributed by atoms with van der Waals surface area (Å²) in [4.78, 5) is 0.624. The highest BCUT2D eigenvalue weighted by Gasteiger charge is 2.31. The van der Waals surface area contributed by atoms with Crippen molar-refractivity contribution in [2.45, 2.75) is 54.7 Å². The van der Waals surface area contributed by atoms with Gasteiger partial charge in [-0.15, -0.1) is 0 Å². The Bertz CT molecular complexity index is 1120. The maximum Gasteiger partial charge on any atom is 0.243 e. The molecular formula is C27H38N2O6S2. The van der Waals surface area contributed by atoms with Gasteiger partial charge < -0.3 is 9.47 Å². The summed E-state index contributed by atoms with van der Waals surface area (Å²) in [5, 5.41) is 0. The third-order valence-electron chi connectivity index (χ3n) is 7.77. The highest BCUT2D eigenvalue weighted by molar-refractivity contribution is 7.89. The molecule has 0 spiro atoms. The van der Waals surface area contributed by atoms with Gasteiger partial charge in [0, 0.05) is 26.2 Å².